The Kier molecular flexibility index (Phi) is 4.73. The summed E-state index contributed by atoms with van der Waals surface area (Å²) in [5.74, 6) is 0.144. The molecule has 0 unspecified atom stereocenters. The summed E-state index contributed by atoms with van der Waals surface area (Å²) in [4.78, 5) is 28.1. The summed E-state index contributed by atoms with van der Waals surface area (Å²) in [5, 5.41) is 0. The van der Waals surface area contributed by atoms with Crippen molar-refractivity contribution in [2.24, 2.45) is 0 Å². The Morgan fingerprint density at radius 3 is 2.27 bits per heavy atom. The molecule has 5 heteroatoms. The van der Waals surface area contributed by atoms with E-state index in [9.17, 15) is 9.59 Å². The highest BCUT2D eigenvalue weighted by molar-refractivity contribution is 5.84. The fourth-order valence-corrected chi connectivity index (χ4v) is 3.05. The third-order valence-electron chi connectivity index (χ3n) is 4.40. The van der Waals surface area contributed by atoms with Crippen molar-refractivity contribution < 1.29 is 14.3 Å². The first-order valence-corrected chi connectivity index (χ1v) is 7.94. The lowest BCUT2D eigenvalue weighted by atomic mass is 9.99. The van der Waals surface area contributed by atoms with Crippen LogP contribution in [0.2, 0.25) is 0 Å². The van der Waals surface area contributed by atoms with E-state index < -0.39 is 0 Å². The zero-order valence-corrected chi connectivity index (χ0v) is 12.8. The second kappa shape index (κ2) is 6.92. The van der Waals surface area contributed by atoms with Crippen LogP contribution in [0.1, 0.15) is 24.0 Å². The van der Waals surface area contributed by atoms with Gasteiger partial charge in [-0.25, -0.2) is 0 Å². The molecule has 0 aromatic heterocycles. The summed E-state index contributed by atoms with van der Waals surface area (Å²) < 4.78 is 5.23. The summed E-state index contributed by atoms with van der Waals surface area (Å²) in [7, 11) is 0. The number of ether oxygens (including phenoxy) is 1. The van der Waals surface area contributed by atoms with Crippen molar-refractivity contribution in [3.05, 3.63) is 35.4 Å². The van der Waals surface area contributed by atoms with Gasteiger partial charge in [0.2, 0.25) is 11.8 Å². The zero-order chi connectivity index (χ0) is 15.4. The summed E-state index contributed by atoms with van der Waals surface area (Å²) >= 11 is 0. The quantitative estimate of drug-likeness (QED) is 0.843. The summed E-state index contributed by atoms with van der Waals surface area (Å²) in [6.07, 6.45) is 1.51. The summed E-state index contributed by atoms with van der Waals surface area (Å²) in [5.41, 5.74) is 2.55. The Labute approximate surface area is 130 Å². The molecule has 1 aromatic rings. The van der Waals surface area contributed by atoms with Gasteiger partial charge in [-0.3, -0.25) is 9.59 Å². The van der Waals surface area contributed by atoms with Gasteiger partial charge in [-0.05, 0) is 17.5 Å². The summed E-state index contributed by atoms with van der Waals surface area (Å²) in [6, 6.07) is 8.25. The Morgan fingerprint density at radius 1 is 0.909 bits per heavy atom. The van der Waals surface area contributed by atoms with Crippen LogP contribution in [0.4, 0.5) is 0 Å². The van der Waals surface area contributed by atoms with E-state index >= 15 is 0 Å². The van der Waals surface area contributed by atoms with Gasteiger partial charge in [0.15, 0.2) is 0 Å². The molecule has 0 radical (unpaired) electrons. The van der Waals surface area contributed by atoms with Crippen LogP contribution in [0.5, 0.6) is 0 Å². The van der Waals surface area contributed by atoms with E-state index in [4.69, 9.17) is 4.74 Å². The molecule has 1 fully saturated rings. The largest absolute Gasteiger partial charge is 0.378 e. The monoisotopic (exact) mass is 302 g/mol. The first kappa shape index (κ1) is 15.0. The van der Waals surface area contributed by atoms with Crippen molar-refractivity contribution in [3.8, 4) is 0 Å². The number of nitrogens with zero attached hydrogens (tertiary/aromatic N) is 2. The predicted octanol–water partition coefficient (Wildman–Crippen LogP) is 1.21. The fourth-order valence-electron chi connectivity index (χ4n) is 3.05. The van der Waals surface area contributed by atoms with Gasteiger partial charge < -0.3 is 14.5 Å². The molecule has 0 N–H and O–H groups in total. The van der Waals surface area contributed by atoms with Crippen LogP contribution in [0.25, 0.3) is 0 Å². The van der Waals surface area contributed by atoms with Crippen LogP contribution >= 0.6 is 0 Å². The topological polar surface area (TPSA) is 49.9 Å². The molecule has 2 aliphatic rings. The number of benzene rings is 1. The van der Waals surface area contributed by atoms with Crippen molar-refractivity contribution in [1.29, 1.82) is 0 Å². The van der Waals surface area contributed by atoms with E-state index in [0.29, 0.717) is 45.7 Å². The maximum Gasteiger partial charge on any atom is 0.223 e. The van der Waals surface area contributed by atoms with Crippen molar-refractivity contribution in [3.63, 3.8) is 0 Å². The minimum absolute atomic E-state index is 0.0639. The molecule has 22 heavy (non-hydrogen) atoms. The second-order valence-electron chi connectivity index (χ2n) is 5.83. The average molecular weight is 302 g/mol. The minimum Gasteiger partial charge on any atom is -0.378 e. The highest BCUT2D eigenvalue weighted by Gasteiger charge is 2.22. The van der Waals surface area contributed by atoms with Gasteiger partial charge in [0.05, 0.1) is 13.2 Å². The third kappa shape index (κ3) is 3.47. The molecule has 1 saturated heterocycles. The van der Waals surface area contributed by atoms with E-state index in [1.54, 1.807) is 4.90 Å². The van der Waals surface area contributed by atoms with Crippen LogP contribution in [0, 0.1) is 0 Å². The fraction of sp³-hybridized carbons (Fsp3) is 0.529. The van der Waals surface area contributed by atoms with Crippen molar-refractivity contribution in [2.45, 2.75) is 25.8 Å². The van der Waals surface area contributed by atoms with Gasteiger partial charge in [0.25, 0.3) is 0 Å². The Hall–Kier alpha value is -1.88. The molecular weight excluding hydrogens is 280 g/mol. The molecule has 0 saturated carbocycles. The molecule has 0 aliphatic carbocycles. The minimum atomic E-state index is 0.0639. The molecule has 2 aliphatic heterocycles. The number of amides is 2. The van der Waals surface area contributed by atoms with Gasteiger partial charge in [-0.1, -0.05) is 24.3 Å². The van der Waals surface area contributed by atoms with Gasteiger partial charge in [-0.2, -0.15) is 0 Å². The number of rotatable bonds is 3. The number of fused-ring (bicyclic) bond motifs is 1. The normalized spacial score (nSPS) is 18.0. The predicted molar refractivity (Wildman–Crippen MR) is 82.2 cm³/mol. The molecular formula is C17H22N2O3. The maximum absolute atomic E-state index is 12.3. The number of morpholine rings is 1. The van der Waals surface area contributed by atoms with Crippen molar-refractivity contribution in [2.75, 3.05) is 32.8 Å². The SMILES string of the molecule is O=C(CCC(=O)N1CCc2ccccc2C1)N1CCOCC1. The van der Waals surface area contributed by atoms with Crippen molar-refractivity contribution in [1.82, 2.24) is 9.80 Å². The van der Waals surface area contributed by atoms with Gasteiger partial charge in [0, 0.05) is 39.0 Å². The molecule has 118 valence electrons. The standard InChI is InChI=1S/C17H22N2O3/c20-16(18-9-11-22-12-10-18)5-6-17(21)19-8-7-14-3-1-2-4-15(14)13-19/h1-4H,5-13H2. The average Bonchev–Trinajstić information content (AvgIpc) is 2.59. The smallest absolute Gasteiger partial charge is 0.223 e. The molecule has 2 amide bonds. The lowest BCUT2D eigenvalue weighted by Gasteiger charge is -2.30. The molecule has 1 aromatic carbocycles. The summed E-state index contributed by atoms with van der Waals surface area (Å²) in [6.45, 7) is 3.90. The molecule has 5 nitrogen and oxygen atoms in total. The van der Waals surface area contributed by atoms with E-state index in [-0.39, 0.29) is 11.8 Å². The molecule has 0 bridgehead atoms. The Morgan fingerprint density at radius 2 is 1.55 bits per heavy atom. The molecule has 0 spiro atoms. The highest BCUT2D eigenvalue weighted by atomic mass is 16.5. The maximum atomic E-state index is 12.3. The van der Waals surface area contributed by atoms with Crippen molar-refractivity contribution >= 4 is 11.8 Å². The van der Waals surface area contributed by atoms with Crippen LogP contribution in [0.3, 0.4) is 0 Å². The number of carbonyl (C=O) groups excluding carboxylic acids is 2. The molecule has 0 atom stereocenters. The van der Waals surface area contributed by atoms with E-state index in [1.807, 2.05) is 17.0 Å². The van der Waals surface area contributed by atoms with Crippen LogP contribution in [0.15, 0.2) is 24.3 Å². The number of carbonyl (C=O) groups is 2. The Balaban J connectivity index is 1.49. The van der Waals surface area contributed by atoms with E-state index in [1.165, 1.54) is 11.1 Å². The van der Waals surface area contributed by atoms with Gasteiger partial charge in [-0.15, -0.1) is 0 Å². The van der Waals surface area contributed by atoms with E-state index in [0.717, 1.165) is 13.0 Å². The third-order valence-corrected chi connectivity index (χ3v) is 4.40. The first-order chi connectivity index (χ1) is 10.7. The zero-order valence-electron chi connectivity index (χ0n) is 12.8. The van der Waals surface area contributed by atoms with Crippen LogP contribution in [-0.2, 0) is 27.3 Å². The van der Waals surface area contributed by atoms with Gasteiger partial charge in [0.1, 0.15) is 0 Å². The van der Waals surface area contributed by atoms with Crippen LogP contribution < -0.4 is 0 Å². The lowest BCUT2D eigenvalue weighted by molar-refractivity contribution is -0.139. The molecule has 3 rings (SSSR count). The first-order valence-electron chi connectivity index (χ1n) is 7.94. The number of hydrogen-bond acceptors (Lipinski definition) is 3. The van der Waals surface area contributed by atoms with Crippen LogP contribution in [-0.4, -0.2) is 54.5 Å². The Bertz CT molecular complexity index is 553. The highest BCUT2D eigenvalue weighted by Crippen LogP contribution is 2.19. The van der Waals surface area contributed by atoms with E-state index in [2.05, 4.69) is 12.1 Å². The second-order valence-corrected chi connectivity index (χ2v) is 5.83. The number of hydrogen-bond donors (Lipinski definition) is 0. The lowest BCUT2D eigenvalue weighted by Crippen LogP contribution is -2.41. The molecule has 2 heterocycles. The van der Waals surface area contributed by atoms with Gasteiger partial charge >= 0.3 is 0 Å².